The minimum absolute atomic E-state index is 0.0981. The quantitative estimate of drug-likeness (QED) is 0.765. The van der Waals surface area contributed by atoms with Gasteiger partial charge in [-0.25, -0.2) is 0 Å². The van der Waals surface area contributed by atoms with Crippen molar-refractivity contribution in [1.82, 2.24) is 5.32 Å². The highest BCUT2D eigenvalue weighted by Gasteiger charge is 2.65. The topological polar surface area (TPSA) is 95.5 Å². The molecule has 2 fully saturated rings. The number of benzene rings is 1. The number of carbonyl (C=O) groups excluding carboxylic acids is 2. The van der Waals surface area contributed by atoms with Crippen molar-refractivity contribution in [2.45, 2.75) is 45.6 Å². The number of carboxylic acid groups (broad SMARTS) is 1. The molecule has 2 atom stereocenters. The van der Waals surface area contributed by atoms with E-state index in [0.29, 0.717) is 11.3 Å². The molecule has 134 valence electrons. The van der Waals surface area contributed by atoms with Crippen LogP contribution in [0.4, 0.5) is 5.69 Å². The summed E-state index contributed by atoms with van der Waals surface area (Å²) in [6, 6.07) is 6.95. The van der Waals surface area contributed by atoms with Gasteiger partial charge in [-0.15, -0.1) is 0 Å². The zero-order chi connectivity index (χ0) is 18.2. The van der Waals surface area contributed by atoms with Crippen molar-refractivity contribution in [3.63, 3.8) is 0 Å². The SMILES string of the molecule is CC1(C)[C@H](C(=O)O)[C@H]1C(=O)Nc1ccc(C(=O)NC2CCCC2)cc1. The van der Waals surface area contributed by atoms with Crippen LogP contribution in [0.3, 0.4) is 0 Å². The van der Waals surface area contributed by atoms with E-state index in [1.54, 1.807) is 38.1 Å². The zero-order valence-corrected chi connectivity index (χ0v) is 14.5. The molecule has 0 unspecified atom stereocenters. The lowest BCUT2D eigenvalue weighted by molar-refractivity contribution is -0.140. The van der Waals surface area contributed by atoms with Crippen LogP contribution in [-0.2, 0) is 9.59 Å². The average Bonchev–Trinajstić information content (AvgIpc) is 2.89. The lowest BCUT2D eigenvalue weighted by atomic mass is 10.1. The van der Waals surface area contributed by atoms with Crippen LogP contribution in [0.2, 0.25) is 0 Å². The maximum atomic E-state index is 12.3. The molecule has 0 spiro atoms. The van der Waals surface area contributed by atoms with E-state index < -0.39 is 23.2 Å². The molecule has 0 aromatic heterocycles. The maximum absolute atomic E-state index is 12.3. The number of anilines is 1. The van der Waals surface area contributed by atoms with Gasteiger partial charge in [-0.3, -0.25) is 14.4 Å². The van der Waals surface area contributed by atoms with E-state index in [1.165, 1.54) is 0 Å². The van der Waals surface area contributed by atoms with Crippen LogP contribution in [0, 0.1) is 17.3 Å². The van der Waals surface area contributed by atoms with Crippen LogP contribution in [0.25, 0.3) is 0 Å². The van der Waals surface area contributed by atoms with Crippen LogP contribution in [0.1, 0.15) is 49.9 Å². The Morgan fingerprint density at radius 1 is 1.04 bits per heavy atom. The van der Waals surface area contributed by atoms with Crippen molar-refractivity contribution < 1.29 is 19.5 Å². The molecule has 3 rings (SSSR count). The van der Waals surface area contributed by atoms with E-state index in [1.807, 2.05) is 0 Å². The number of hydrogen-bond acceptors (Lipinski definition) is 3. The van der Waals surface area contributed by atoms with Crippen LogP contribution in [-0.4, -0.2) is 28.9 Å². The van der Waals surface area contributed by atoms with Crippen LogP contribution < -0.4 is 10.6 Å². The Kier molecular flexibility index (Phi) is 4.54. The summed E-state index contributed by atoms with van der Waals surface area (Å²) < 4.78 is 0. The Labute approximate surface area is 147 Å². The predicted molar refractivity (Wildman–Crippen MR) is 93.2 cm³/mol. The zero-order valence-electron chi connectivity index (χ0n) is 14.5. The highest BCUT2D eigenvalue weighted by atomic mass is 16.4. The molecule has 0 aliphatic heterocycles. The van der Waals surface area contributed by atoms with Crippen molar-refractivity contribution in [3.8, 4) is 0 Å². The molecule has 2 aliphatic rings. The van der Waals surface area contributed by atoms with Crippen molar-refractivity contribution >= 4 is 23.5 Å². The Morgan fingerprint density at radius 2 is 1.64 bits per heavy atom. The second kappa shape index (κ2) is 6.50. The highest BCUT2D eigenvalue weighted by molar-refractivity contribution is 6.00. The van der Waals surface area contributed by atoms with Crippen molar-refractivity contribution in [1.29, 1.82) is 0 Å². The number of hydrogen-bond donors (Lipinski definition) is 3. The van der Waals surface area contributed by atoms with E-state index in [2.05, 4.69) is 10.6 Å². The number of rotatable bonds is 5. The van der Waals surface area contributed by atoms with Gasteiger partial charge >= 0.3 is 5.97 Å². The minimum Gasteiger partial charge on any atom is -0.481 e. The first-order valence-corrected chi connectivity index (χ1v) is 8.75. The van der Waals surface area contributed by atoms with Gasteiger partial charge in [0.1, 0.15) is 0 Å². The molecule has 6 nitrogen and oxygen atoms in total. The van der Waals surface area contributed by atoms with Crippen LogP contribution in [0.5, 0.6) is 0 Å². The van der Waals surface area contributed by atoms with E-state index in [-0.39, 0.29) is 17.9 Å². The number of amides is 2. The molecule has 3 N–H and O–H groups in total. The monoisotopic (exact) mass is 344 g/mol. The Hall–Kier alpha value is -2.37. The molecule has 0 bridgehead atoms. The molecule has 1 aromatic rings. The van der Waals surface area contributed by atoms with E-state index in [9.17, 15) is 14.4 Å². The number of aliphatic carboxylic acids is 1. The highest BCUT2D eigenvalue weighted by Crippen LogP contribution is 2.58. The molecule has 0 saturated heterocycles. The third kappa shape index (κ3) is 3.52. The summed E-state index contributed by atoms with van der Waals surface area (Å²) in [6.07, 6.45) is 4.37. The van der Waals surface area contributed by atoms with Crippen LogP contribution in [0.15, 0.2) is 24.3 Å². The average molecular weight is 344 g/mol. The Morgan fingerprint density at radius 3 is 2.16 bits per heavy atom. The first kappa shape index (κ1) is 17.5. The molecule has 2 saturated carbocycles. The molecule has 2 aliphatic carbocycles. The van der Waals surface area contributed by atoms with Gasteiger partial charge < -0.3 is 15.7 Å². The second-order valence-corrected chi connectivity index (χ2v) is 7.64. The summed E-state index contributed by atoms with van der Waals surface area (Å²) in [5.41, 5.74) is 0.589. The van der Waals surface area contributed by atoms with Gasteiger partial charge in [-0.2, -0.15) is 0 Å². The molecule has 0 radical (unpaired) electrons. The van der Waals surface area contributed by atoms with Crippen molar-refractivity contribution in [2.75, 3.05) is 5.32 Å². The predicted octanol–water partition coefficient (Wildman–Crippen LogP) is 2.65. The molecule has 25 heavy (non-hydrogen) atoms. The first-order valence-electron chi connectivity index (χ1n) is 8.75. The lowest BCUT2D eigenvalue weighted by Crippen LogP contribution is -2.32. The van der Waals surface area contributed by atoms with Crippen molar-refractivity contribution in [2.24, 2.45) is 17.3 Å². The summed E-state index contributed by atoms with van der Waals surface area (Å²) in [5.74, 6) is -2.51. The first-order chi connectivity index (χ1) is 11.8. The normalized spacial score (nSPS) is 24.6. The van der Waals surface area contributed by atoms with Gasteiger partial charge in [-0.05, 0) is 42.5 Å². The Balaban J connectivity index is 1.58. The standard InChI is InChI=1S/C19H24N2O4/c1-19(2)14(15(19)18(24)25)17(23)21-13-9-7-11(8-10-13)16(22)20-12-5-3-4-6-12/h7-10,12,14-15H,3-6H2,1-2H3,(H,20,22)(H,21,23)(H,24,25)/t14-,15-/m0/s1. The molecular formula is C19H24N2O4. The Bertz CT molecular complexity index is 690. The number of carboxylic acids is 1. The third-order valence-corrected chi connectivity index (χ3v) is 5.48. The largest absolute Gasteiger partial charge is 0.481 e. The van der Waals surface area contributed by atoms with Gasteiger partial charge in [0.2, 0.25) is 5.91 Å². The van der Waals surface area contributed by atoms with Crippen LogP contribution >= 0.6 is 0 Å². The number of nitrogens with one attached hydrogen (secondary N) is 2. The van der Waals surface area contributed by atoms with E-state index in [0.717, 1.165) is 25.7 Å². The number of carbonyl (C=O) groups is 3. The molecule has 1 aromatic carbocycles. The lowest BCUT2D eigenvalue weighted by Gasteiger charge is -2.12. The van der Waals surface area contributed by atoms with Gasteiger partial charge in [0.15, 0.2) is 0 Å². The van der Waals surface area contributed by atoms with Crippen molar-refractivity contribution in [3.05, 3.63) is 29.8 Å². The summed E-state index contributed by atoms with van der Waals surface area (Å²) in [4.78, 5) is 35.7. The van der Waals surface area contributed by atoms with Gasteiger partial charge in [0, 0.05) is 17.3 Å². The molecular weight excluding hydrogens is 320 g/mol. The fraction of sp³-hybridized carbons (Fsp3) is 0.526. The fourth-order valence-electron chi connectivity index (χ4n) is 3.85. The fourth-order valence-corrected chi connectivity index (χ4v) is 3.85. The third-order valence-electron chi connectivity index (χ3n) is 5.48. The molecule has 0 heterocycles. The summed E-state index contributed by atoms with van der Waals surface area (Å²) in [5, 5.41) is 14.9. The summed E-state index contributed by atoms with van der Waals surface area (Å²) in [6.45, 7) is 3.57. The minimum atomic E-state index is -0.941. The van der Waals surface area contributed by atoms with Gasteiger partial charge in [0.05, 0.1) is 11.8 Å². The van der Waals surface area contributed by atoms with Gasteiger partial charge in [0.25, 0.3) is 5.91 Å². The molecule has 2 amide bonds. The maximum Gasteiger partial charge on any atom is 0.307 e. The van der Waals surface area contributed by atoms with Gasteiger partial charge in [-0.1, -0.05) is 26.7 Å². The second-order valence-electron chi connectivity index (χ2n) is 7.64. The molecule has 6 heteroatoms. The van der Waals surface area contributed by atoms with E-state index in [4.69, 9.17) is 5.11 Å². The van der Waals surface area contributed by atoms with E-state index >= 15 is 0 Å². The summed E-state index contributed by atoms with van der Waals surface area (Å²) >= 11 is 0. The summed E-state index contributed by atoms with van der Waals surface area (Å²) in [7, 11) is 0. The smallest absolute Gasteiger partial charge is 0.307 e.